The van der Waals surface area contributed by atoms with E-state index in [-0.39, 0.29) is 11.3 Å². The van der Waals surface area contributed by atoms with Gasteiger partial charge in [0.25, 0.3) is 0 Å². The van der Waals surface area contributed by atoms with Gasteiger partial charge < -0.3 is 5.73 Å². The zero-order chi connectivity index (χ0) is 11.5. The molecule has 0 bridgehead atoms. The van der Waals surface area contributed by atoms with Gasteiger partial charge in [0.2, 0.25) is 0 Å². The predicted octanol–water partition coefficient (Wildman–Crippen LogP) is 3.44. The van der Waals surface area contributed by atoms with Crippen LogP contribution in [0, 0.1) is 5.41 Å². The Balaban J connectivity index is 3.20. The largest absolute Gasteiger partial charge is 0.387 e. The molecule has 0 unspecified atom stereocenters. The fourth-order valence-corrected chi connectivity index (χ4v) is 2.23. The highest BCUT2D eigenvalue weighted by Gasteiger charge is 2.31. The summed E-state index contributed by atoms with van der Waals surface area (Å²) in [6, 6.07) is 8.08. The van der Waals surface area contributed by atoms with E-state index < -0.39 is 0 Å². The molecule has 0 heterocycles. The van der Waals surface area contributed by atoms with Crippen LogP contribution in [0.1, 0.15) is 32.3 Å². The average Bonchev–Trinajstić information content (AvgIpc) is 2.22. The molecule has 1 rings (SSSR count). The normalized spacial score (nSPS) is 11.4. The topological polar surface area (TPSA) is 49.9 Å². The van der Waals surface area contributed by atoms with E-state index in [1.165, 1.54) is 0 Å². The van der Waals surface area contributed by atoms with E-state index in [1.807, 2.05) is 24.3 Å². The SMILES string of the molecule is CCC(CC)(C(=N)N)c1ccc(Br)cc1. The monoisotopic (exact) mass is 268 g/mol. The minimum absolute atomic E-state index is 0.259. The molecule has 0 atom stereocenters. The summed E-state index contributed by atoms with van der Waals surface area (Å²) in [6.45, 7) is 4.15. The minimum Gasteiger partial charge on any atom is -0.387 e. The minimum atomic E-state index is -0.291. The Morgan fingerprint density at radius 2 is 1.73 bits per heavy atom. The molecule has 0 aliphatic rings. The van der Waals surface area contributed by atoms with Crippen LogP contribution in [0.4, 0.5) is 0 Å². The van der Waals surface area contributed by atoms with Crippen LogP contribution in [0.5, 0.6) is 0 Å². The molecule has 3 N–H and O–H groups in total. The van der Waals surface area contributed by atoms with Crippen LogP contribution in [0.15, 0.2) is 28.7 Å². The number of benzene rings is 1. The van der Waals surface area contributed by atoms with Gasteiger partial charge in [-0.05, 0) is 30.5 Å². The van der Waals surface area contributed by atoms with Crippen LogP contribution in [0.25, 0.3) is 0 Å². The summed E-state index contributed by atoms with van der Waals surface area (Å²) >= 11 is 3.41. The summed E-state index contributed by atoms with van der Waals surface area (Å²) < 4.78 is 1.05. The first-order valence-electron chi connectivity index (χ1n) is 5.17. The van der Waals surface area contributed by atoms with Crippen LogP contribution in [-0.4, -0.2) is 5.84 Å². The van der Waals surface area contributed by atoms with Crippen molar-refractivity contribution in [2.24, 2.45) is 5.73 Å². The average molecular weight is 269 g/mol. The third kappa shape index (κ3) is 2.23. The molecule has 0 spiro atoms. The molecule has 0 amide bonds. The standard InChI is InChI=1S/C12H17BrN2/c1-3-12(4-2,11(14)15)9-5-7-10(13)8-6-9/h5-8H,3-4H2,1-2H3,(H3,14,15). The van der Waals surface area contributed by atoms with E-state index in [1.54, 1.807) is 0 Å². The number of nitrogens with two attached hydrogens (primary N) is 1. The van der Waals surface area contributed by atoms with E-state index in [0.717, 1.165) is 22.9 Å². The highest BCUT2D eigenvalue weighted by Crippen LogP contribution is 2.32. The van der Waals surface area contributed by atoms with Crippen molar-refractivity contribution in [3.63, 3.8) is 0 Å². The second kappa shape index (κ2) is 4.79. The summed E-state index contributed by atoms with van der Waals surface area (Å²) in [6.07, 6.45) is 1.72. The van der Waals surface area contributed by atoms with Gasteiger partial charge in [0.15, 0.2) is 0 Å². The molecule has 0 saturated carbocycles. The summed E-state index contributed by atoms with van der Waals surface area (Å²) in [7, 11) is 0. The molecule has 15 heavy (non-hydrogen) atoms. The second-order valence-electron chi connectivity index (χ2n) is 3.71. The third-order valence-electron chi connectivity index (χ3n) is 3.12. The van der Waals surface area contributed by atoms with Gasteiger partial charge >= 0.3 is 0 Å². The summed E-state index contributed by atoms with van der Waals surface area (Å²) in [4.78, 5) is 0. The van der Waals surface area contributed by atoms with Crippen LogP contribution < -0.4 is 5.73 Å². The highest BCUT2D eigenvalue weighted by molar-refractivity contribution is 9.10. The molecule has 1 aromatic carbocycles. The number of halogens is 1. The quantitative estimate of drug-likeness (QED) is 0.638. The summed E-state index contributed by atoms with van der Waals surface area (Å²) in [5, 5.41) is 7.76. The maximum absolute atomic E-state index is 7.76. The lowest BCUT2D eigenvalue weighted by Crippen LogP contribution is -2.39. The summed E-state index contributed by atoms with van der Waals surface area (Å²) in [5.41, 5.74) is 6.57. The number of rotatable bonds is 4. The number of amidine groups is 1. The van der Waals surface area contributed by atoms with Crippen LogP contribution in [0.3, 0.4) is 0 Å². The van der Waals surface area contributed by atoms with E-state index in [0.29, 0.717) is 0 Å². The van der Waals surface area contributed by atoms with Gasteiger partial charge in [-0.1, -0.05) is 41.9 Å². The van der Waals surface area contributed by atoms with E-state index in [4.69, 9.17) is 11.1 Å². The molecule has 0 saturated heterocycles. The number of nitrogens with one attached hydrogen (secondary N) is 1. The molecule has 1 aromatic rings. The Kier molecular flexibility index (Phi) is 3.91. The Labute approximate surface area is 99.5 Å². The molecule has 0 aliphatic carbocycles. The lowest BCUT2D eigenvalue weighted by molar-refractivity contribution is 0.526. The Hall–Kier alpha value is -0.830. The first kappa shape index (κ1) is 12.2. The van der Waals surface area contributed by atoms with Crippen LogP contribution >= 0.6 is 15.9 Å². The molecule has 0 fully saturated rings. The molecule has 0 aliphatic heterocycles. The highest BCUT2D eigenvalue weighted by atomic mass is 79.9. The van der Waals surface area contributed by atoms with Crippen molar-refractivity contribution >= 4 is 21.8 Å². The van der Waals surface area contributed by atoms with Gasteiger partial charge in [-0.3, -0.25) is 5.41 Å². The molecular formula is C12H17BrN2. The van der Waals surface area contributed by atoms with Gasteiger partial charge in [0.1, 0.15) is 5.84 Å². The van der Waals surface area contributed by atoms with Crippen molar-refractivity contribution in [3.8, 4) is 0 Å². The van der Waals surface area contributed by atoms with Crippen molar-refractivity contribution in [1.29, 1.82) is 5.41 Å². The lowest BCUT2D eigenvalue weighted by atomic mass is 9.75. The molecule has 2 nitrogen and oxygen atoms in total. The maximum atomic E-state index is 7.76. The maximum Gasteiger partial charge on any atom is 0.101 e. The zero-order valence-corrected chi connectivity index (χ0v) is 10.8. The van der Waals surface area contributed by atoms with Gasteiger partial charge in [0, 0.05) is 4.47 Å². The van der Waals surface area contributed by atoms with Crippen molar-refractivity contribution in [2.75, 3.05) is 0 Å². The van der Waals surface area contributed by atoms with Gasteiger partial charge in [-0.2, -0.15) is 0 Å². The molecule has 0 aromatic heterocycles. The fourth-order valence-electron chi connectivity index (χ4n) is 1.96. The molecule has 3 heteroatoms. The van der Waals surface area contributed by atoms with Gasteiger partial charge in [0.05, 0.1) is 5.41 Å². The smallest absolute Gasteiger partial charge is 0.101 e. The van der Waals surface area contributed by atoms with Gasteiger partial charge in [-0.25, -0.2) is 0 Å². The lowest BCUT2D eigenvalue weighted by Gasteiger charge is -2.31. The zero-order valence-electron chi connectivity index (χ0n) is 9.18. The van der Waals surface area contributed by atoms with Crippen molar-refractivity contribution < 1.29 is 0 Å². The van der Waals surface area contributed by atoms with Crippen molar-refractivity contribution in [1.82, 2.24) is 0 Å². The molecule has 0 radical (unpaired) electrons. The van der Waals surface area contributed by atoms with Gasteiger partial charge in [-0.15, -0.1) is 0 Å². The third-order valence-corrected chi connectivity index (χ3v) is 3.65. The Bertz CT molecular complexity index is 339. The van der Waals surface area contributed by atoms with Crippen molar-refractivity contribution in [2.45, 2.75) is 32.1 Å². The van der Waals surface area contributed by atoms with Crippen LogP contribution in [0.2, 0.25) is 0 Å². The second-order valence-corrected chi connectivity index (χ2v) is 4.63. The van der Waals surface area contributed by atoms with E-state index in [2.05, 4.69) is 29.8 Å². The number of hydrogen-bond donors (Lipinski definition) is 2. The Morgan fingerprint density at radius 3 is 2.07 bits per heavy atom. The predicted molar refractivity (Wildman–Crippen MR) is 68.3 cm³/mol. The first-order chi connectivity index (χ1) is 7.06. The van der Waals surface area contributed by atoms with Crippen molar-refractivity contribution in [3.05, 3.63) is 34.3 Å². The number of hydrogen-bond acceptors (Lipinski definition) is 1. The first-order valence-corrected chi connectivity index (χ1v) is 5.96. The van der Waals surface area contributed by atoms with Crippen LogP contribution in [-0.2, 0) is 5.41 Å². The Morgan fingerprint density at radius 1 is 1.27 bits per heavy atom. The van der Waals surface area contributed by atoms with E-state index >= 15 is 0 Å². The van der Waals surface area contributed by atoms with E-state index in [9.17, 15) is 0 Å². The molecule has 82 valence electrons. The fraction of sp³-hybridized carbons (Fsp3) is 0.417. The molecular weight excluding hydrogens is 252 g/mol. The summed E-state index contributed by atoms with van der Waals surface area (Å²) in [5.74, 6) is 0.259.